The van der Waals surface area contributed by atoms with Crippen LogP contribution in [0.4, 0.5) is 13.6 Å². The quantitative estimate of drug-likeness (QED) is 0.778. The van der Waals surface area contributed by atoms with Gasteiger partial charge in [-0.3, -0.25) is 4.90 Å². The highest BCUT2D eigenvalue weighted by Gasteiger charge is 2.34. The van der Waals surface area contributed by atoms with Gasteiger partial charge < -0.3 is 15.4 Å². The first-order valence-corrected chi connectivity index (χ1v) is 9.35. The minimum absolute atomic E-state index is 0.0652. The molecule has 0 aromatic rings. The van der Waals surface area contributed by atoms with Crippen molar-refractivity contribution in [1.82, 2.24) is 15.5 Å². The summed E-state index contributed by atoms with van der Waals surface area (Å²) >= 11 is 0. The third-order valence-electron chi connectivity index (χ3n) is 5.75. The van der Waals surface area contributed by atoms with E-state index in [-0.39, 0.29) is 12.1 Å². The molecule has 1 aliphatic heterocycles. The van der Waals surface area contributed by atoms with Crippen molar-refractivity contribution in [3.63, 3.8) is 0 Å². The molecule has 1 saturated heterocycles. The molecule has 1 heterocycles. The average Bonchev–Trinajstić information content (AvgIpc) is 2.93. The Balaban J connectivity index is 1.33. The van der Waals surface area contributed by atoms with Gasteiger partial charge in [0, 0.05) is 31.2 Å². The van der Waals surface area contributed by atoms with Gasteiger partial charge in [-0.15, -0.1) is 0 Å². The van der Waals surface area contributed by atoms with Crippen LogP contribution in [-0.2, 0) is 4.74 Å². The van der Waals surface area contributed by atoms with E-state index in [1.165, 1.54) is 32.1 Å². The predicted octanol–water partition coefficient (Wildman–Crippen LogP) is 2.85. The van der Waals surface area contributed by atoms with Crippen molar-refractivity contribution < 1.29 is 18.3 Å². The minimum Gasteiger partial charge on any atom is -0.337 e. The molecule has 138 valence electrons. The summed E-state index contributed by atoms with van der Waals surface area (Å²) in [6, 6.07) is 0.902. The minimum atomic E-state index is -2.73. The van der Waals surface area contributed by atoms with Crippen molar-refractivity contribution >= 4 is 6.03 Å². The van der Waals surface area contributed by atoms with Gasteiger partial charge in [0.1, 0.15) is 0 Å². The number of rotatable bonds is 6. The zero-order valence-corrected chi connectivity index (χ0v) is 14.2. The monoisotopic (exact) mass is 345 g/mol. The van der Waals surface area contributed by atoms with E-state index in [2.05, 4.69) is 20.3 Å². The van der Waals surface area contributed by atoms with Crippen molar-refractivity contribution in [3.8, 4) is 0 Å². The first-order valence-electron chi connectivity index (χ1n) is 9.35. The number of ether oxygens (including phenoxy) is 1. The molecule has 2 amide bonds. The van der Waals surface area contributed by atoms with E-state index in [0.29, 0.717) is 37.9 Å². The maximum absolute atomic E-state index is 12.2. The number of carbonyl (C=O) groups excluding carboxylic acids is 1. The second kappa shape index (κ2) is 8.43. The summed E-state index contributed by atoms with van der Waals surface area (Å²) in [6.07, 6.45) is 9.02. The van der Waals surface area contributed by atoms with Crippen LogP contribution < -0.4 is 10.6 Å². The van der Waals surface area contributed by atoms with E-state index < -0.39 is 12.7 Å². The SMILES string of the molecule is O=C(NCC1CCN1C1CCCCC1)NC1CCC(OC(F)F)C1. The highest BCUT2D eigenvalue weighted by Crippen LogP contribution is 2.29. The van der Waals surface area contributed by atoms with Crippen LogP contribution in [0, 0.1) is 0 Å². The number of hydrogen-bond acceptors (Lipinski definition) is 3. The van der Waals surface area contributed by atoms with Gasteiger partial charge in [-0.1, -0.05) is 19.3 Å². The molecule has 0 bridgehead atoms. The Bertz CT molecular complexity index is 419. The van der Waals surface area contributed by atoms with Crippen molar-refractivity contribution in [2.24, 2.45) is 0 Å². The summed E-state index contributed by atoms with van der Waals surface area (Å²) in [6.45, 7) is -0.910. The summed E-state index contributed by atoms with van der Waals surface area (Å²) in [4.78, 5) is 14.6. The Morgan fingerprint density at radius 2 is 1.92 bits per heavy atom. The van der Waals surface area contributed by atoms with Crippen LogP contribution in [0.3, 0.4) is 0 Å². The fourth-order valence-electron chi connectivity index (χ4n) is 4.36. The van der Waals surface area contributed by atoms with E-state index in [9.17, 15) is 13.6 Å². The number of amides is 2. The summed E-state index contributed by atoms with van der Waals surface area (Å²) in [7, 11) is 0. The summed E-state index contributed by atoms with van der Waals surface area (Å²) in [5.41, 5.74) is 0. The number of halogens is 2. The molecule has 3 aliphatic rings. The van der Waals surface area contributed by atoms with Gasteiger partial charge in [0.2, 0.25) is 0 Å². The molecule has 5 nitrogen and oxygen atoms in total. The number of nitrogens with zero attached hydrogens (tertiary/aromatic N) is 1. The summed E-state index contributed by atoms with van der Waals surface area (Å²) < 4.78 is 28.9. The van der Waals surface area contributed by atoms with Crippen LogP contribution in [0.2, 0.25) is 0 Å². The van der Waals surface area contributed by atoms with Crippen LogP contribution in [-0.4, -0.2) is 54.9 Å². The van der Waals surface area contributed by atoms with Gasteiger partial charge >= 0.3 is 12.6 Å². The summed E-state index contributed by atoms with van der Waals surface area (Å²) in [5.74, 6) is 0. The van der Waals surface area contributed by atoms with Crippen molar-refractivity contribution in [1.29, 1.82) is 0 Å². The molecule has 0 radical (unpaired) electrons. The number of hydrogen-bond donors (Lipinski definition) is 2. The molecule has 3 rings (SSSR count). The molecule has 3 fully saturated rings. The van der Waals surface area contributed by atoms with Gasteiger partial charge in [-0.05, 0) is 38.5 Å². The van der Waals surface area contributed by atoms with E-state index in [1.54, 1.807) is 0 Å². The number of nitrogens with one attached hydrogen (secondary N) is 2. The van der Waals surface area contributed by atoms with Crippen LogP contribution in [0.15, 0.2) is 0 Å². The Kier molecular flexibility index (Phi) is 6.27. The third-order valence-corrected chi connectivity index (χ3v) is 5.75. The maximum Gasteiger partial charge on any atom is 0.345 e. The Labute approximate surface area is 142 Å². The molecule has 0 aromatic heterocycles. The molecule has 24 heavy (non-hydrogen) atoms. The molecule has 3 atom stereocenters. The van der Waals surface area contributed by atoms with Gasteiger partial charge in [-0.25, -0.2) is 4.79 Å². The van der Waals surface area contributed by atoms with E-state index >= 15 is 0 Å². The maximum atomic E-state index is 12.2. The molecule has 0 aromatic carbocycles. The lowest BCUT2D eigenvalue weighted by atomic mass is 9.89. The first kappa shape index (κ1) is 17.9. The second-order valence-corrected chi connectivity index (χ2v) is 7.36. The number of carbonyl (C=O) groups is 1. The van der Waals surface area contributed by atoms with Crippen molar-refractivity contribution in [3.05, 3.63) is 0 Å². The first-order chi connectivity index (χ1) is 11.6. The molecule has 2 aliphatic carbocycles. The van der Waals surface area contributed by atoms with Gasteiger partial charge in [0.15, 0.2) is 0 Å². The van der Waals surface area contributed by atoms with Crippen LogP contribution in [0.1, 0.15) is 57.8 Å². The van der Waals surface area contributed by atoms with Crippen molar-refractivity contribution in [2.75, 3.05) is 13.1 Å². The van der Waals surface area contributed by atoms with Gasteiger partial charge in [0.05, 0.1) is 6.10 Å². The molecular formula is C17H29F2N3O2. The van der Waals surface area contributed by atoms with Gasteiger partial charge in [0.25, 0.3) is 0 Å². The van der Waals surface area contributed by atoms with E-state index in [1.807, 2.05) is 0 Å². The predicted molar refractivity (Wildman–Crippen MR) is 87.0 cm³/mol. The van der Waals surface area contributed by atoms with Crippen LogP contribution >= 0.6 is 0 Å². The zero-order valence-electron chi connectivity index (χ0n) is 14.2. The Hall–Kier alpha value is -0.950. The fourth-order valence-corrected chi connectivity index (χ4v) is 4.36. The topological polar surface area (TPSA) is 53.6 Å². The lowest BCUT2D eigenvalue weighted by Gasteiger charge is -2.47. The molecule has 0 spiro atoms. The van der Waals surface area contributed by atoms with E-state index in [0.717, 1.165) is 13.0 Å². The normalized spacial score (nSPS) is 31.9. The Morgan fingerprint density at radius 1 is 1.12 bits per heavy atom. The zero-order chi connectivity index (χ0) is 16.9. The molecular weight excluding hydrogens is 316 g/mol. The van der Waals surface area contributed by atoms with Gasteiger partial charge in [-0.2, -0.15) is 8.78 Å². The molecule has 2 saturated carbocycles. The Morgan fingerprint density at radius 3 is 2.58 bits per heavy atom. The smallest absolute Gasteiger partial charge is 0.337 e. The van der Waals surface area contributed by atoms with Crippen molar-refractivity contribution in [2.45, 2.75) is 88.6 Å². The highest BCUT2D eigenvalue weighted by molar-refractivity contribution is 5.74. The number of likely N-dealkylation sites (tertiary alicyclic amines) is 1. The third kappa shape index (κ3) is 4.79. The second-order valence-electron chi connectivity index (χ2n) is 7.36. The fraction of sp³-hybridized carbons (Fsp3) is 0.941. The highest BCUT2D eigenvalue weighted by atomic mass is 19.3. The number of urea groups is 1. The standard InChI is InChI=1S/C17H29F2N3O2/c18-16(19)24-15-7-6-12(10-15)21-17(23)20-11-14-8-9-22(14)13-4-2-1-3-5-13/h12-16H,1-11H2,(H2,20,21,23). The summed E-state index contributed by atoms with van der Waals surface area (Å²) in [5, 5.41) is 5.84. The molecule has 7 heteroatoms. The average molecular weight is 345 g/mol. The largest absolute Gasteiger partial charge is 0.345 e. The lowest BCUT2D eigenvalue weighted by Crippen LogP contribution is -2.58. The van der Waals surface area contributed by atoms with Crippen LogP contribution in [0.25, 0.3) is 0 Å². The lowest BCUT2D eigenvalue weighted by molar-refractivity contribution is -0.160. The molecule has 2 N–H and O–H groups in total. The number of alkyl halides is 2. The molecule has 3 unspecified atom stereocenters. The van der Waals surface area contributed by atoms with Crippen LogP contribution in [0.5, 0.6) is 0 Å². The van der Waals surface area contributed by atoms with E-state index in [4.69, 9.17) is 0 Å².